The number of hydrogen-bond acceptors (Lipinski definition) is 6. The van der Waals surface area contributed by atoms with Gasteiger partial charge in [-0.3, -0.25) is 9.69 Å². The number of esters is 1. The first-order valence-corrected chi connectivity index (χ1v) is 11.9. The number of likely N-dealkylation sites (tertiary alicyclic amines) is 1. The molecule has 1 saturated heterocycles. The van der Waals surface area contributed by atoms with E-state index in [0.717, 1.165) is 77.5 Å². The van der Waals surface area contributed by atoms with Crippen LogP contribution in [0.3, 0.4) is 0 Å². The highest BCUT2D eigenvalue weighted by Gasteiger charge is 2.37. The molecular formula is C24H43NO5. The fourth-order valence-corrected chi connectivity index (χ4v) is 3.90. The molecule has 1 fully saturated rings. The smallest absolute Gasteiger partial charge is 0.323 e. The maximum absolute atomic E-state index is 12.7. The molecule has 0 saturated carbocycles. The van der Waals surface area contributed by atoms with Crippen molar-refractivity contribution in [3.63, 3.8) is 0 Å². The number of ketones is 2. The molecule has 1 heterocycles. The maximum atomic E-state index is 12.7. The topological polar surface area (TPSA) is 72.9 Å². The Labute approximate surface area is 183 Å². The highest BCUT2D eigenvalue weighted by atomic mass is 16.5. The van der Waals surface area contributed by atoms with Crippen molar-refractivity contribution in [2.24, 2.45) is 0 Å². The fraction of sp³-hybridized carbons (Fsp3) is 0.875. The summed E-state index contributed by atoms with van der Waals surface area (Å²) in [6.07, 6.45) is 11.0. The first kappa shape index (κ1) is 26.8. The second-order valence-electron chi connectivity index (χ2n) is 8.64. The Morgan fingerprint density at radius 1 is 0.833 bits per heavy atom. The summed E-state index contributed by atoms with van der Waals surface area (Å²) in [5, 5.41) is 0. The molecule has 6 nitrogen and oxygen atoms in total. The normalized spacial score (nSPS) is 19.2. The maximum Gasteiger partial charge on any atom is 0.323 e. The van der Waals surface area contributed by atoms with Crippen molar-refractivity contribution < 1.29 is 23.9 Å². The van der Waals surface area contributed by atoms with Crippen LogP contribution in [0.2, 0.25) is 0 Å². The van der Waals surface area contributed by atoms with Gasteiger partial charge in [-0.15, -0.1) is 0 Å². The van der Waals surface area contributed by atoms with E-state index >= 15 is 0 Å². The van der Waals surface area contributed by atoms with E-state index < -0.39 is 0 Å². The number of nitrogens with zero attached hydrogens (tertiary/aromatic N) is 1. The van der Waals surface area contributed by atoms with Gasteiger partial charge in [0.15, 0.2) is 0 Å². The lowest BCUT2D eigenvalue weighted by molar-refractivity contribution is -0.149. The molecule has 1 aliphatic heterocycles. The summed E-state index contributed by atoms with van der Waals surface area (Å²) in [5.74, 6) is 0.368. The molecule has 0 radical (unpaired) electrons. The first-order valence-electron chi connectivity index (χ1n) is 11.9. The van der Waals surface area contributed by atoms with Crippen LogP contribution in [0.25, 0.3) is 0 Å². The molecule has 0 aliphatic carbocycles. The van der Waals surface area contributed by atoms with Crippen LogP contribution in [0.5, 0.6) is 0 Å². The minimum atomic E-state index is -0.213. The average Bonchev–Trinajstić information content (AvgIpc) is 3.10. The zero-order valence-corrected chi connectivity index (χ0v) is 19.5. The Morgan fingerprint density at radius 3 is 2.07 bits per heavy atom. The summed E-state index contributed by atoms with van der Waals surface area (Å²) in [6.45, 7) is 8.18. The van der Waals surface area contributed by atoms with E-state index in [1.54, 1.807) is 13.8 Å². The van der Waals surface area contributed by atoms with Crippen molar-refractivity contribution in [2.75, 3.05) is 26.3 Å². The summed E-state index contributed by atoms with van der Waals surface area (Å²) in [6, 6.07) is -0.213. The van der Waals surface area contributed by atoms with Crippen LogP contribution >= 0.6 is 0 Å². The fourth-order valence-electron chi connectivity index (χ4n) is 3.90. The molecule has 0 aromatic heterocycles. The molecule has 1 aliphatic rings. The lowest BCUT2D eigenvalue weighted by Gasteiger charge is -2.22. The molecule has 30 heavy (non-hydrogen) atoms. The summed E-state index contributed by atoms with van der Waals surface area (Å²) < 4.78 is 11.5. The molecule has 0 amide bonds. The van der Waals surface area contributed by atoms with Gasteiger partial charge in [-0.2, -0.15) is 0 Å². The minimum absolute atomic E-state index is 0.0981. The number of unbranched alkanes of at least 4 members (excludes halogenated alkanes) is 6. The van der Waals surface area contributed by atoms with Crippen molar-refractivity contribution in [1.82, 2.24) is 4.90 Å². The average molecular weight is 426 g/mol. The summed E-state index contributed by atoms with van der Waals surface area (Å²) in [7, 11) is 0. The van der Waals surface area contributed by atoms with Crippen molar-refractivity contribution in [3.8, 4) is 0 Å². The molecule has 0 aromatic rings. The number of Topliss-reactive ketones (excluding diaryl/α,β-unsaturated/α-hetero) is 2. The minimum Gasteiger partial charge on any atom is -0.465 e. The Morgan fingerprint density at radius 2 is 1.43 bits per heavy atom. The predicted molar refractivity (Wildman–Crippen MR) is 119 cm³/mol. The number of rotatable bonds is 18. The molecule has 0 aromatic carbocycles. The molecule has 6 heteroatoms. The Kier molecular flexibility index (Phi) is 14.7. The number of carbonyl (C=O) groups excluding carboxylic acids is 3. The van der Waals surface area contributed by atoms with Crippen LogP contribution in [-0.4, -0.2) is 60.9 Å². The number of carbonyl (C=O) groups is 3. The van der Waals surface area contributed by atoms with Crippen LogP contribution in [0.1, 0.15) is 97.8 Å². The quantitative estimate of drug-likeness (QED) is 0.238. The summed E-state index contributed by atoms with van der Waals surface area (Å²) in [5.41, 5.74) is 0. The van der Waals surface area contributed by atoms with E-state index in [-0.39, 0.29) is 29.7 Å². The predicted octanol–water partition coefficient (Wildman–Crippen LogP) is 4.48. The molecular weight excluding hydrogens is 382 g/mol. The Hall–Kier alpha value is -1.27. The second-order valence-corrected chi connectivity index (χ2v) is 8.64. The summed E-state index contributed by atoms with van der Waals surface area (Å²) >= 11 is 0. The van der Waals surface area contributed by atoms with Gasteiger partial charge in [0.05, 0.1) is 12.7 Å². The standard InChI is InChI=1S/C24H43NO5/c1-4-16-29-22-18-23(25(19-22)15-11-8-10-14-21(3)27)24(28)30-17-12-7-5-6-9-13-20(2)26/h22-23H,4-19H2,1-3H3/t22?,23-/m0/s1. The van der Waals surface area contributed by atoms with Gasteiger partial charge in [-0.05, 0) is 52.5 Å². The van der Waals surface area contributed by atoms with Crippen LogP contribution in [0, 0.1) is 0 Å². The van der Waals surface area contributed by atoms with Gasteiger partial charge in [0, 0.05) is 32.4 Å². The molecule has 1 unspecified atom stereocenters. The van der Waals surface area contributed by atoms with E-state index in [1.807, 2.05) is 0 Å². The van der Waals surface area contributed by atoms with Gasteiger partial charge >= 0.3 is 5.97 Å². The zero-order valence-electron chi connectivity index (χ0n) is 19.5. The third-order valence-electron chi connectivity index (χ3n) is 5.59. The van der Waals surface area contributed by atoms with Crippen molar-refractivity contribution in [3.05, 3.63) is 0 Å². The van der Waals surface area contributed by atoms with Crippen LogP contribution < -0.4 is 0 Å². The third kappa shape index (κ3) is 12.4. The number of ether oxygens (including phenoxy) is 2. The van der Waals surface area contributed by atoms with E-state index in [2.05, 4.69) is 11.8 Å². The van der Waals surface area contributed by atoms with E-state index in [4.69, 9.17) is 9.47 Å². The molecule has 0 bridgehead atoms. The molecule has 174 valence electrons. The van der Waals surface area contributed by atoms with Gasteiger partial charge in [0.25, 0.3) is 0 Å². The lowest BCUT2D eigenvalue weighted by Crippen LogP contribution is -2.38. The highest BCUT2D eigenvalue weighted by molar-refractivity contribution is 5.76. The zero-order chi connectivity index (χ0) is 22.2. The van der Waals surface area contributed by atoms with Crippen LogP contribution in [0.15, 0.2) is 0 Å². The monoisotopic (exact) mass is 425 g/mol. The second kappa shape index (κ2) is 16.4. The van der Waals surface area contributed by atoms with Gasteiger partial charge in [0.1, 0.15) is 17.6 Å². The van der Waals surface area contributed by atoms with E-state index in [9.17, 15) is 14.4 Å². The third-order valence-corrected chi connectivity index (χ3v) is 5.59. The largest absolute Gasteiger partial charge is 0.465 e. The van der Waals surface area contributed by atoms with Gasteiger partial charge < -0.3 is 19.1 Å². The first-order chi connectivity index (χ1) is 14.4. The molecule has 2 atom stereocenters. The van der Waals surface area contributed by atoms with Gasteiger partial charge in [-0.25, -0.2) is 0 Å². The van der Waals surface area contributed by atoms with Crippen molar-refractivity contribution in [1.29, 1.82) is 0 Å². The SMILES string of the molecule is CCCOC1C[C@@H](C(=O)OCCCCCCCC(C)=O)N(CCCCCC(C)=O)C1. The van der Waals surface area contributed by atoms with Crippen molar-refractivity contribution >= 4 is 17.5 Å². The molecule has 0 N–H and O–H groups in total. The number of hydrogen-bond donors (Lipinski definition) is 0. The summed E-state index contributed by atoms with van der Waals surface area (Å²) in [4.78, 5) is 36.9. The van der Waals surface area contributed by atoms with Gasteiger partial charge in [0.2, 0.25) is 0 Å². The van der Waals surface area contributed by atoms with Crippen LogP contribution in [-0.2, 0) is 23.9 Å². The van der Waals surface area contributed by atoms with E-state index in [1.165, 1.54) is 0 Å². The molecule has 0 spiro atoms. The van der Waals surface area contributed by atoms with Gasteiger partial charge in [-0.1, -0.05) is 32.6 Å². The highest BCUT2D eigenvalue weighted by Crippen LogP contribution is 2.23. The van der Waals surface area contributed by atoms with Crippen molar-refractivity contribution in [2.45, 2.75) is 110 Å². The van der Waals surface area contributed by atoms with Crippen LogP contribution in [0.4, 0.5) is 0 Å². The lowest BCUT2D eigenvalue weighted by atomic mass is 10.1. The van der Waals surface area contributed by atoms with E-state index in [0.29, 0.717) is 25.9 Å². The Balaban J connectivity index is 2.30. The molecule has 1 rings (SSSR count). The Bertz CT molecular complexity index is 508.